The standard InChI is InChI=1S/C24H17F3N6O/c1-15-2-3-18(11-17(15)4-5-20-13-30-32-23(28)31-20)22(34)10-16-8-19(24(25,26)27)12-21(9-16)33-7-6-29-14-33/h2-3,6-9,11-14H,10H2,1H3,(H2,28,31,32). The molecule has 0 unspecified atom stereocenters. The molecule has 0 aliphatic carbocycles. The molecule has 2 aromatic carbocycles. The Balaban J connectivity index is 1.63. The molecule has 0 atom stereocenters. The molecule has 2 aromatic heterocycles. The van der Waals surface area contributed by atoms with Crippen molar-refractivity contribution in [3.05, 3.63) is 94.8 Å². The van der Waals surface area contributed by atoms with Gasteiger partial charge in [-0.05, 0) is 48.2 Å². The summed E-state index contributed by atoms with van der Waals surface area (Å²) >= 11 is 0. The second kappa shape index (κ2) is 9.15. The first-order valence-corrected chi connectivity index (χ1v) is 9.99. The molecule has 10 heteroatoms. The van der Waals surface area contributed by atoms with Crippen LogP contribution in [0, 0.1) is 18.8 Å². The minimum atomic E-state index is -4.56. The number of alkyl halides is 3. The summed E-state index contributed by atoms with van der Waals surface area (Å²) < 4.78 is 41.8. The van der Waals surface area contributed by atoms with Crippen molar-refractivity contribution in [3.8, 4) is 17.5 Å². The number of anilines is 1. The monoisotopic (exact) mass is 462 g/mol. The Morgan fingerprint density at radius 1 is 1.15 bits per heavy atom. The first-order chi connectivity index (χ1) is 16.2. The van der Waals surface area contributed by atoms with Gasteiger partial charge in [-0.25, -0.2) is 9.97 Å². The van der Waals surface area contributed by atoms with Crippen molar-refractivity contribution in [2.75, 3.05) is 5.73 Å². The molecule has 0 radical (unpaired) electrons. The van der Waals surface area contributed by atoms with Gasteiger partial charge in [0.15, 0.2) is 5.78 Å². The summed E-state index contributed by atoms with van der Waals surface area (Å²) in [6.07, 6.45) is 0.985. The highest BCUT2D eigenvalue weighted by Crippen LogP contribution is 2.32. The van der Waals surface area contributed by atoms with Gasteiger partial charge in [-0.1, -0.05) is 18.1 Å². The van der Waals surface area contributed by atoms with Gasteiger partial charge in [0.05, 0.1) is 18.1 Å². The van der Waals surface area contributed by atoms with Crippen LogP contribution in [0.5, 0.6) is 0 Å². The molecule has 0 aliphatic heterocycles. The number of halogens is 3. The predicted octanol–water partition coefficient (Wildman–Crippen LogP) is 3.79. The number of carbonyl (C=O) groups excluding carboxylic acids is 1. The van der Waals surface area contributed by atoms with E-state index in [1.807, 2.05) is 6.92 Å². The molecule has 4 rings (SSSR count). The normalized spacial score (nSPS) is 11.1. The molecule has 0 amide bonds. The number of hydrogen-bond donors (Lipinski definition) is 1. The lowest BCUT2D eigenvalue weighted by Gasteiger charge is -2.13. The average molecular weight is 462 g/mol. The van der Waals surface area contributed by atoms with Gasteiger partial charge in [0.1, 0.15) is 5.69 Å². The minimum Gasteiger partial charge on any atom is -0.366 e. The third kappa shape index (κ3) is 5.27. The van der Waals surface area contributed by atoms with Crippen molar-refractivity contribution >= 4 is 11.7 Å². The van der Waals surface area contributed by atoms with E-state index in [1.165, 1.54) is 35.6 Å². The second-order valence-corrected chi connectivity index (χ2v) is 7.44. The molecular formula is C24H17F3N6O. The highest BCUT2D eigenvalue weighted by molar-refractivity contribution is 5.98. The van der Waals surface area contributed by atoms with Crippen LogP contribution >= 0.6 is 0 Å². The van der Waals surface area contributed by atoms with Gasteiger partial charge in [0.2, 0.25) is 5.95 Å². The van der Waals surface area contributed by atoms with Crippen molar-refractivity contribution in [2.45, 2.75) is 19.5 Å². The molecule has 34 heavy (non-hydrogen) atoms. The van der Waals surface area contributed by atoms with Crippen LogP contribution in [0.2, 0.25) is 0 Å². The topological polar surface area (TPSA) is 99.6 Å². The second-order valence-electron chi connectivity index (χ2n) is 7.44. The predicted molar refractivity (Wildman–Crippen MR) is 118 cm³/mol. The number of rotatable bonds is 4. The summed E-state index contributed by atoms with van der Waals surface area (Å²) in [5.74, 6) is 5.39. The van der Waals surface area contributed by atoms with Crippen molar-refractivity contribution in [3.63, 3.8) is 0 Å². The molecular weight excluding hydrogens is 445 g/mol. The lowest BCUT2D eigenvalue weighted by molar-refractivity contribution is -0.137. The Morgan fingerprint density at radius 2 is 1.97 bits per heavy atom. The van der Waals surface area contributed by atoms with Crippen LogP contribution in [0.15, 0.2) is 61.3 Å². The van der Waals surface area contributed by atoms with E-state index in [0.29, 0.717) is 16.8 Å². The van der Waals surface area contributed by atoms with E-state index in [2.05, 4.69) is 32.0 Å². The van der Waals surface area contributed by atoms with Crippen LogP contribution in [0.4, 0.5) is 19.1 Å². The Morgan fingerprint density at radius 3 is 2.68 bits per heavy atom. The van der Waals surface area contributed by atoms with Crippen LogP contribution in [0.25, 0.3) is 5.69 Å². The zero-order chi connectivity index (χ0) is 24.3. The first-order valence-electron chi connectivity index (χ1n) is 9.99. The minimum absolute atomic E-state index is 0.0106. The fourth-order valence-electron chi connectivity index (χ4n) is 3.23. The average Bonchev–Trinajstić information content (AvgIpc) is 3.33. The summed E-state index contributed by atoms with van der Waals surface area (Å²) in [7, 11) is 0. The number of carbonyl (C=O) groups is 1. The highest BCUT2D eigenvalue weighted by atomic mass is 19.4. The molecule has 2 N–H and O–H groups in total. The Bertz CT molecular complexity index is 1420. The molecule has 0 bridgehead atoms. The molecule has 2 heterocycles. The van der Waals surface area contributed by atoms with Crippen LogP contribution < -0.4 is 5.73 Å². The number of Topliss-reactive ketones (excluding diaryl/α,β-unsaturated/α-hetero) is 1. The number of benzene rings is 2. The number of imidazole rings is 1. The van der Waals surface area contributed by atoms with Crippen LogP contribution in [0.1, 0.15) is 38.3 Å². The number of nitrogen functional groups attached to an aromatic ring is 1. The molecule has 4 aromatic rings. The number of nitrogens with zero attached hydrogens (tertiary/aromatic N) is 5. The fraction of sp³-hybridized carbons (Fsp3) is 0.125. The fourth-order valence-corrected chi connectivity index (χ4v) is 3.23. The van der Waals surface area contributed by atoms with Crippen LogP contribution in [-0.2, 0) is 12.6 Å². The Hall–Kier alpha value is -4.52. The maximum absolute atomic E-state index is 13.5. The van der Waals surface area contributed by atoms with E-state index in [9.17, 15) is 18.0 Å². The van der Waals surface area contributed by atoms with Gasteiger partial charge < -0.3 is 10.3 Å². The highest BCUT2D eigenvalue weighted by Gasteiger charge is 2.31. The SMILES string of the molecule is Cc1ccc(C(=O)Cc2cc(-n3ccnc3)cc(C(F)(F)F)c2)cc1C#Cc1cnnc(N)n1. The van der Waals surface area contributed by atoms with E-state index in [0.717, 1.165) is 17.7 Å². The number of aromatic nitrogens is 5. The molecule has 0 aliphatic rings. The number of nitrogens with two attached hydrogens (primary N) is 1. The lowest BCUT2D eigenvalue weighted by atomic mass is 9.97. The Labute approximate surface area is 192 Å². The van der Waals surface area contributed by atoms with Crippen molar-refractivity contribution in [1.82, 2.24) is 24.7 Å². The first kappa shape index (κ1) is 22.7. The summed E-state index contributed by atoms with van der Waals surface area (Å²) in [4.78, 5) is 20.8. The van der Waals surface area contributed by atoms with E-state index >= 15 is 0 Å². The summed E-state index contributed by atoms with van der Waals surface area (Å²) in [5.41, 5.74) is 7.21. The van der Waals surface area contributed by atoms with Crippen LogP contribution in [-0.4, -0.2) is 30.5 Å². The largest absolute Gasteiger partial charge is 0.416 e. The number of aryl methyl sites for hydroxylation is 1. The van der Waals surface area contributed by atoms with E-state index in [4.69, 9.17) is 5.73 Å². The summed E-state index contributed by atoms with van der Waals surface area (Å²) in [5, 5.41) is 7.24. The van der Waals surface area contributed by atoms with Crippen LogP contribution in [0.3, 0.4) is 0 Å². The molecule has 7 nitrogen and oxygen atoms in total. The number of ketones is 1. The quantitative estimate of drug-likeness (QED) is 0.366. The van der Waals surface area contributed by atoms with Gasteiger partial charge in [0, 0.05) is 35.6 Å². The summed E-state index contributed by atoms with van der Waals surface area (Å²) in [6.45, 7) is 1.83. The summed E-state index contributed by atoms with van der Waals surface area (Å²) in [6, 6.07) is 8.50. The number of hydrogen-bond acceptors (Lipinski definition) is 6. The van der Waals surface area contributed by atoms with Gasteiger partial charge in [-0.15, -0.1) is 5.10 Å². The van der Waals surface area contributed by atoms with Crippen molar-refractivity contribution < 1.29 is 18.0 Å². The zero-order valence-corrected chi connectivity index (χ0v) is 17.8. The lowest BCUT2D eigenvalue weighted by Crippen LogP contribution is -2.10. The molecule has 0 fully saturated rings. The Kier molecular flexibility index (Phi) is 6.10. The molecule has 170 valence electrons. The van der Waals surface area contributed by atoms with Gasteiger partial charge in [-0.3, -0.25) is 4.79 Å². The van der Waals surface area contributed by atoms with Crippen molar-refractivity contribution in [1.29, 1.82) is 0 Å². The van der Waals surface area contributed by atoms with Gasteiger partial charge >= 0.3 is 6.18 Å². The van der Waals surface area contributed by atoms with Gasteiger partial charge in [-0.2, -0.15) is 18.3 Å². The van der Waals surface area contributed by atoms with Gasteiger partial charge in [0.25, 0.3) is 0 Å². The molecule has 0 saturated heterocycles. The molecule has 0 spiro atoms. The maximum atomic E-state index is 13.5. The molecule has 0 saturated carbocycles. The smallest absolute Gasteiger partial charge is 0.366 e. The van der Waals surface area contributed by atoms with E-state index < -0.39 is 11.7 Å². The zero-order valence-electron chi connectivity index (χ0n) is 17.8. The maximum Gasteiger partial charge on any atom is 0.416 e. The van der Waals surface area contributed by atoms with E-state index in [-0.39, 0.29) is 29.4 Å². The third-order valence-electron chi connectivity index (χ3n) is 4.93. The van der Waals surface area contributed by atoms with E-state index in [1.54, 1.807) is 18.2 Å². The third-order valence-corrected chi connectivity index (χ3v) is 4.93. The van der Waals surface area contributed by atoms with Crippen molar-refractivity contribution in [2.24, 2.45) is 0 Å².